The number of hydrazine groups is 1. The average molecular weight is 511 g/mol. The van der Waals surface area contributed by atoms with Crippen LogP contribution in [0.4, 0.5) is 4.79 Å². The lowest BCUT2D eigenvalue weighted by Crippen LogP contribution is -2.46. The molecular weight excluding hydrogens is 487 g/mol. The Morgan fingerprint density at radius 2 is 1.85 bits per heavy atom. The third-order valence-corrected chi connectivity index (χ3v) is 6.68. The van der Waals surface area contributed by atoms with Crippen LogP contribution in [0.5, 0.6) is 0 Å². The van der Waals surface area contributed by atoms with E-state index in [-0.39, 0.29) is 31.3 Å². The second-order valence-corrected chi connectivity index (χ2v) is 9.77. The first-order valence-electron chi connectivity index (χ1n) is 10.2. The average Bonchev–Trinajstić information content (AvgIpc) is 3.19. The molecule has 33 heavy (non-hydrogen) atoms. The molecule has 0 saturated heterocycles. The summed E-state index contributed by atoms with van der Waals surface area (Å²) >= 11 is 13.5. The summed E-state index contributed by atoms with van der Waals surface area (Å²) in [5, 5.41) is 16.0. The van der Waals surface area contributed by atoms with E-state index in [4.69, 9.17) is 28.3 Å². The maximum atomic E-state index is 12.9. The summed E-state index contributed by atoms with van der Waals surface area (Å²) in [7, 11) is 0. The van der Waals surface area contributed by atoms with Crippen molar-refractivity contribution in [3.05, 3.63) is 66.8 Å². The Morgan fingerprint density at radius 3 is 2.55 bits per heavy atom. The Bertz CT molecular complexity index is 1090. The molecule has 0 aliphatic carbocycles. The Labute approximate surface area is 205 Å². The van der Waals surface area contributed by atoms with E-state index < -0.39 is 6.09 Å². The van der Waals surface area contributed by atoms with E-state index >= 15 is 0 Å². The summed E-state index contributed by atoms with van der Waals surface area (Å²) in [5.74, 6) is -0.521. The highest BCUT2D eigenvalue weighted by Crippen LogP contribution is 2.23. The highest BCUT2D eigenvalue weighted by Gasteiger charge is 2.27. The van der Waals surface area contributed by atoms with Gasteiger partial charge in [0, 0.05) is 41.7 Å². The van der Waals surface area contributed by atoms with Crippen LogP contribution >= 0.6 is 34.5 Å². The molecule has 0 spiro atoms. The van der Waals surface area contributed by atoms with Gasteiger partial charge in [0.05, 0.1) is 10.8 Å². The second-order valence-electron chi connectivity index (χ2n) is 7.53. The molecule has 0 radical (unpaired) electrons. The van der Waals surface area contributed by atoms with Gasteiger partial charge >= 0.3 is 6.09 Å². The number of hydrogen-bond donors (Lipinski definition) is 4. The number of carbonyl (C=O) groups is 3. The Morgan fingerprint density at radius 1 is 1.09 bits per heavy atom. The molecule has 0 fully saturated rings. The number of carbonyl (C=O) groups excluding carboxylic acids is 2. The monoisotopic (exact) mass is 510 g/mol. The molecule has 0 atom stereocenters. The van der Waals surface area contributed by atoms with Gasteiger partial charge in [-0.05, 0) is 48.7 Å². The molecular formula is C22H24Cl2N4O4S. The first-order chi connectivity index (χ1) is 15.7. The first-order valence-corrected chi connectivity index (χ1v) is 11.8. The molecule has 1 aromatic heterocycles. The third kappa shape index (κ3) is 7.20. The van der Waals surface area contributed by atoms with Gasteiger partial charge in [0.2, 0.25) is 5.91 Å². The first kappa shape index (κ1) is 25.0. The lowest BCUT2D eigenvalue weighted by Gasteiger charge is -2.29. The molecule has 1 aromatic carbocycles. The molecule has 176 valence electrons. The molecule has 1 aliphatic rings. The highest BCUT2D eigenvalue weighted by molar-refractivity contribution is 7.16. The smallest absolute Gasteiger partial charge is 0.404 e. The van der Waals surface area contributed by atoms with Crippen LogP contribution in [0.3, 0.4) is 0 Å². The highest BCUT2D eigenvalue weighted by atomic mass is 35.5. The molecule has 4 N–H and O–H groups in total. The molecule has 0 saturated carbocycles. The fraction of sp³-hybridized carbons (Fsp3) is 0.318. The molecule has 0 unspecified atom stereocenters. The zero-order valence-electron chi connectivity index (χ0n) is 17.9. The van der Waals surface area contributed by atoms with Crippen molar-refractivity contribution in [2.45, 2.75) is 39.4 Å². The minimum absolute atomic E-state index is 0.0447. The molecule has 2 heterocycles. The van der Waals surface area contributed by atoms with Crippen LogP contribution in [0.15, 0.2) is 41.5 Å². The van der Waals surface area contributed by atoms with E-state index in [9.17, 15) is 14.4 Å². The second kappa shape index (κ2) is 11.5. The molecule has 11 heteroatoms. The zero-order valence-corrected chi connectivity index (χ0v) is 20.2. The van der Waals surface area contributed by atoms with E-state index in [1.807, 2.05) is 19.1 Å². The predicted molar refractivity (Wildman–Crippen MR) is 128 cm³/mol. The fourth-order valence-electron chi connectivity index (χ4n) is 3.39. The van der Waals surface area contributed by atoms with E-state index in [1.54, 1.807) is 18.2 Å². The van der Waals surface area contributed by atoms with Gasteiger partial charge in [-0.3, -0.25) is 14.6 Å². The summed E-state index contributed by atoms with van der Waals surface area (Å²) in [4.78, 5) is 37.4. The number of nitrogens with zero attached hydrogens (tertiary/aromatic N) is 1. The van der Waals surface area contributed by atoms with Crippen molar-refractivity contribution >= 4 is 52.4 Å². The number of halogens is 2. The summed E-state index contributed by atoms with van der Waals surface area (Å²) < 4.78 is 0.687. The third-order valence-electron chi connectivity index (χ3n) is 5.21. The lowest BCUT2D eigenvalue weighted by molar-refractivity contribution is -0.132. The molecule has 3 amide bonds. The molecule has 3 rings (SSSR count). The number of carboxylic acid groups (broad SMARTS) is 1. The Balaban J connectivity index is 1.58. The quantitative estimate of drug-likeness (QED) is 0.406. The van der Waals surface area contributed by atoms with Gasteiger partial charge in [0.1, 0.15) is 0 Å². The van der Waals surface area contributed by atoms with E-state index in [0.717, 1.165) is 10.5 Å². The van der Waals surface area contributed by atoms with Gasteiger partial charge in [0.25, 0.3) is 5.91 Å². The number of hydrogen-bond acceptors (Lipinski definition) is 5. The zero-order chi connectivity index (χ0) is 24.0. The maximum Gasteiger partial charge on any atom is 0.404 e. The van der Waals surface area contributed by atoms with E-state index in [0.29, 0.717) is 45.6 Å². The molecule has 2 aromatic rings. The SMILES string of the molecule is CC1=C(CC(=O)NCc2cc(Cl)ccc2CNC(=O)O)C(=O)N(NCc2ccc(Cl)s2)CC1. The summed E-state index contributed by atoms with van der Waals surface area (Å²) in [6.45, 7) is 3.12. The summed E-state index contributed by atoms with van der Waals surface area (Å²) in [6, 6.07) is 8.76. The van der Waals surface area contributed by atoms with Gasteiger partial charge < -0.3 is 15.7 Å². The number of thiophene rings is 1. The summed E-state index contributed by atoms with van der Waals surface area (Å²) in [5.41, 5.74) is 5.88. The van der Waals surface area contributed by atoms with Crippen LogP contribution in [0, 0.1) is 0 Å². The van der Waals surface area contributed by atoms with Gasteiger partial charge in [0.15, 0.2) is 0 Å². The van der Waals surface area contributed by atoms with Crippen molar-refractivity contribution < 1.29 is 19.5 Å². The van der Waals surface area contributed by atoms with Crippen LogP contribution in [0.25, 0.3) is 0 Å². The van der Waals surface area contributed by atoms with E-state index in [1.165, 1.54) is 16.3 Å². The van der Waals surface area contributed by atoms with Crippen LogP contribution < -0.4 is 16.1 Å². The van der Waals surface area contributed by atoms with Crippen molar-refractivity contribution in [1.29, 1.82) is 0 Å². The van der Waals surface area contributed by atoms with Crippen molar-refractivity contribution in [2.24, 2.45) is 0 Å². The minimum Gasteiger partial charge on any atom is -0.465 e. The van der Waals surface area contributed by atoms with Gasteiger partial charge in [-0.2, -0.15) is 0 Å². The number of nitrogens with one attached hydrogen (secondary N) is 3. The Hall–Kier alpha value is -2.59. The largest absolute Gasteiger partial charge is 0.465 e. The summed E-state index contributed by atoms with van der Waals surface area (Å²) in [6.07, 6.45) is -0.513. The van der Waals surface area contributed by atoms with Gasteiger partial charge in [-0.25, -0.2) is 10.2 Å². The Kier molecular flexibility index (Phi) is 8.74. The number of amides is 3. The predicted octanol–water partition coefficient (Wildman–Crippen LogP) is 4.08. The normalized spacial score (nSPS) is 13.9. The minimum atomic E-state index is -1.14. The standard InChI is InChI=1S/C22H24Cl2N4O4S/c1-13-6-7-28(27-12-17-4-5-19(24)33-17)21(30)18(13)9-20(29)25-11-15-8-16(23)3-2-14(15)10-26-22(31)32/h2-5,8,26-27H,6-7,9-12H2,1H3,(H,25,29)(H,31,32). The van der Waals surface area contributed by atoms with E-state index in [2.05, 4.69) is 16.1 Å². The lowest BCUT2D eigenvalue weighted by atomic mass is 9.98. The van der Waals surface area contributed by atoms with Crippen LogP contribution in [0.2, 0.25) is 9.36 Å². The van der Waals surface area contributed by atoms with Crippen molar-refractivity contribution in [2.75, 3.05) is 6.54 Å². The number of benzene rings is 1. The fourth-order valence-corrected chi connectivity index (χ4v) is 4.61. The van der Waals surface area contributed by atoms with Crippen LogP contribution in [-0.2, 0) is 29.2 Å². The van der Waals surface area contributed by atoms with Crippen LogP contribution in [0.1, 0.15) is 35.8 Å². The van der Waals surface area contributed by atoms with Crippen molar-refractivity contribution in [1.82, 2.24) is 21.1 Å². The van der Waals surface area contributed by atoms with Crippen molar-refractivity contribution in [3.63, 3.8) is 0 Å². The van der Waals surface area contributed by atoms with Crippen LogP contribution in [-0.4, -0.2) is 34.6 Å². The molecule has 1 aliphatic heterocycles. The van der Waals surface area contributed by atoms with Gasteiger partial charge in [-0.1, -0.05) is 34.8 Å². The maximum absolute atomic E-state index is 12.9. The molecule has 8 nitrogen and oxygen atoms in total. The van der Waals surface area contributed by atoms with Crippen molar-refractivity contribution in [3.8, 4) is 0 Å². The van der Waals surface area contributed by atoms with Gasteiger partial charge in [-0.15, -0.1) is 11.3 Å². The molecule has 0 bridgehead atoms. The number of rotatable bonds is 9. The topological polar surface area (TPSA) is 111 Å².